The van der Waals surface area contributed by atoms with Crippen LogP contribution in [0, 0.1) is 18.3 Å². The molecule has 3 heteroatoms. The van der Waals surface area contributed by atoms with Crippen LogP contribution in [0.2, 0.25) is 0 Å². The van der Waals surface area contributed by atoms with Crippen LogP contribution in [0.1, 0.15) is 20.8 Å². The maximum atomic E-state index is 8.72. The van der Waals surface area contributed by atoms with Crippen LogP contribution in [-0.4, -0.2) is 11.7 Å². The second-order valence-corrected chi connectivity index (χ2v) is 2.24. The Balaban J connectivity index is -0.000000245. The summed E-state index contributed by atoms with van der Waals surface area (Å²) < 4.78 is 0. The molecule has 0 aliphatic heterocycles. The van der Waals surface area contributed by atoms with Gasteiger partial charge in [-0.25, -0.2) is 0 Å². The normalized spacial score (nSPS) is 9.60. The first-order valence-electron chi connectivity index (χ1n) is 2.90. The quantitative estimate of drug-likeness (QED) is 0.765. The zero-order chi connectivity index (χ0) is 6.62. The molecule has 0 aliphatic carbocycles. The number of rotatable bonds is 3. The van der Waals surface area contributed by atoms with Crippen molar-refractivity contribution in [2.24, 2.45) is 5.41 Å². The van der Waals surface area contributed by atoms with Crippen molar-refractivity contribution in [3.8, 4) is 0 Å². The molecule has 0 fully saturated rings. The first-order chi connectivity index (χ1) is 3.68. The first kappa shape index (κ1) is 17.4. The largest absolute Gasteiger partial charge is 0.401 e. The summed E-state index contributed by atoms with van der Waals surface area (Å²) in [5.74, 6) is 0. The molecule has 0 bridgehead atoms. The average Bonchev–Trinajstić information content (AvgIpc) is 1.87. The van der Waals surface area contributed by atoms with Crippen LogP contribution in [0.15, 0.2) is 0 Å². The van der Waals surface area contributed by atoms with E-state index in [-0.39, 0.29) is 51.6 Å². The monoisotopic (exact) mass is 349 g/mol. The van der Waals surface area contributed by atoms with Crippen LogP contribution >= 0.6 is 0 Å². The summed E-state index contributed by atoms with van der Waals surface area (Å²) in [5.41, 5.74) is -0.0694. The Bertz CT molecular complexity index is 56.4. The number of aliphatic hydroxyl groups excluding tert-OH is 1. The molecule has 0 spiro atoms. The van der Waals surface area contributed by atoms with Crippen LogP contribution in [0.25, 0.3) is 0 Å². The van der Waals surface area contributed by atoms with E-state index < -0.39 is 0 Å². The van der Waals surface area contributed by atoms with Crippen molar-refractivity contribution >= 4 is 0 Å². The second kappa shape index (κ2) is 8.33. The summed E-state index contributed by atoms with van der Waals surface area (Å²) >= 11 is 0. The molecule has 0 aromatic heterocycles. The second-order valence-electron chi connectivity index (χ2n) is 2.24. The van der Waals surface area contributed by atoms with Gasteiger partial charge < -0.3 is 17.9 Å². The molecule has 0 unspecified atom stereocenters. The summed E-state index contributed by atoms with van der Waals surface area (Å²) in [6.07, 6.45) is 3.99. The van der Waals surface area contributed by atoms with Gasteiger partial charge in [-0.3, -0.25) is 5.41 Å². The number of hydrogen-bond donors (Lipinski definition) is 1. The zero-order valence-corrected chi connectivity index (χ0v) is 11.0. The number of aliphatic hydroxyl groups is 1. The van der Waals surface area contributed by atoms with Gasteiger partial charge in [-0.2, -0.15) is 13.8 Å². The van der Waals surface area contributed by atoms with E-state index in [0.717, 1.165) is 0 Å². The van der Waals surface area contributed by atoms with E-state index in [4.69, 9.17) is 5.11 Å². The van der Waals surface area contributed by atoms with Crippen LogP contribution in [0.4, 0.5) is 0 Å². The van der Waals surface area contributed by atoms with Gasteiger partial charge in [0, 0.05) is 39.6 Å². The molecule has 0 rings (SSSR count). The van der Waals surface area contributed by atoms with Crippen LogP contribution in [0.3, 0.4) is 0 Å². The van der Waals surface area contributed by atoms with Gasteiger partial charge in [0.05, 0.1) is 0 Å². The van der Waals surface area contributed by atoms with Crippen molar-refractivity contribution in [3.05, 3.63) is 12.8 Å². The molecule has 0 heterocycles. The third-order valence-electron chi connectivity index (χ3n) is 1.66. The van der Waals surface area contributed by atoms with Gasteiger partial charge in [0.15, 0.2) is 0 Å². The summed E-state index contributed by atoms with van der Waals surface area (Å²) in [6, 6.07) is 0. The minimum atomic E-state index is -0.0694. The van der Waals surface area contributed by atoms with Gasteiger partial charge >= 0.3 is 0 Å². The minimum Gasteiger partial charge on any atom is -0.401 e. The molecule has 0 saturated carbocycles. The van der Waals surface area contributed by atoms with E-state index in [2.05, 4.69) is 0 Å². The maximum absolute atomic E-state index is 8.72. The standard InChI is InChI=1S/C7H14O.V.W/c1-4-7(3,5-2)6-8;;/h4-5,8H,6H2,1-3H3;;/q-2;;. The Morgan fingerprint density at radius 2 is 1.60 bits per heavy atom. The average molecular weight is 349 g/mol. The molecule has 1 N–H and O–H groups in total. The van der Waals surface area contributed by atoms with E-state index in [1.807, 2.05) is 33.6 Å². The molecule has 0 aromatic carbocycles. The maximum Gasteiger partial charge on any atom is 0 e. The van der Waals surface area contributed by atoms with Crippen molar-refractivity contribution in [3.63, 3.8) is 0 Å². The van der Waals surface area contributed by atoms with E-state index >= 15 is 0 Å². The van der Waals surface area contributed by atoms with E-state index in [1.54, 1.807) is 0 Å². The Morgan fingerprint density at radius 1 is 1.30 bits per heavy atom. The molecule has 0 atom stereocenters. The summed E-state index contributed by atoms with van der Waals surface area (Å²) in [7, 11) is 0. The smallest absolute Gasteiger partial charge is 0 e. The molecule has 1 radical (unpaired) electrons. The van der Waals surface area contributed by atoms with Gasteiger partial charge in [-0.05, 0) is 6.61 Å². The fraction of sp³-hybridized carbons (Fsp3) is 0.714. The molecular weight excluding hydrogens is 335 g/mol. The molecule has 10 heavy (non-hydrogen) atoms. The predicted octanol–water partition coefficient (Wildman–Crippen LogP) is 1.43. The van der Waals surface area contributed by atoms with Crippen LogP contribution in [-0.2, 0) is 39.6 Å². The predicted molar refractivity (Wildman–Crippen MR) is 35.1 cm³/mol. The molecule has 0 aromatic rings. The van der Waals surface area contributed by atoms with Gasteiger partial charge in [-0.15, -0.1) is 6.92 Å². The fourth-order valence-corrected chi connectivity index (χ4v) is 0.349. The Kier molecular flexibility index (Phi) is 14.5. The van der Waals surface area contributed by atoms with Gasteiger partial charge in [0.25, 0.3) is 0 Å². The molecule has 61 valence electrons. The van der Waals surface area contributed by atoms with E-state index in [1.165, 1.54) is 0 Å². The van der Waals surface area contributed by atoms with E-state index in [0.29, 0.717) is 0 Å². The molecular formula is C7H14OVW-2. The third kappa shape index (κ3) is 5.98. The fourth-order valence-electron chi connectivity index (χ4n) is 0.349. The molecule has 0 saturated heterocycles. The molecule has 0 aliphatic rings. The van der Waals surface area contributed by atoms with Gasteiger partial charge in [0.2, 0.25) is 0 Å². The van der Waals surface area contributed by atoms with Gasteiger partial charge in [-0.1, -0.05) is 0 Å². The van der Waals surface area contributed by atoms with Crippen LogP contribution in [0.5, 0.6) is 0 Å². The van der Waals surface area contributed by atoms with Gasteiger partial charge in [0.1, 0.15) is 0 Å². The van der Waals surface area contributed by atoms with E-state index in [9.17, 15) is 0 Å². The Hall–Kier alpha value is 1.23. The van der Waals surface area contributed by atoms with Crippen LogP contribution < -0.4 is 0 Å². The molecule has 1 nitrogen and oxygen atoms in total. The number of hydrogen-bond acceptors (Lipinski definition) is 1. The Labute approximate surface area is 90.1 Å². The van der Waals surface area contributed by atoms with Crippen molar-refractivity contribution in [1.29, 1.82) is 0 Å². The minimum absolute atomic E-state index is 0. The van der Waals surface area contributed by atoms with Crippen molar-refractivity contribution < 1.29 is 44.7 Å². The topological polar surface area (TPSA) is 20.2 Å². The zero-order valence-electron chi connectivity index (χ0n) is 6.66. The van der Waals surface area contributed by atoms with Crippen molar-refractivity contribution in [2.45, 2.75) is 20.8 Å². The summed E-state index contributed by atoms with van der Waals surface area (Å²) in [4.78, 5) is 0. The Morgan fingerprint density at radius 3 is 1.60 bits per heavy atom. The molecule has 0 amide bonds. The summed E-state index contributed by atoms with van der Waals surface area (Å²) in [5, 5.41) is 8.72. The first-order valence-corrected chi connectivity index (χ1v) is 2.90. The SMILES string of the molecule is C[CH-]C(C)([CH-]C)CO.[V].[W]. The summed E-state index contributed by atoms with van der Waals surface area (Å²) in [6.45, 7) is 6.11. The van der Waals surface area contributed by atoms with Crippen molar-refractivity contribution in [2.75, 3.05) is 6.61 Å². The van der Waals surface area contributed by atoms with Crippen molar-refractivity contribution in [1.82, 2.24) is 0 Å². The third-order valence-corrected chi connectivity index (χ3v) is 1.66.